The normalized spacial score (nSPS) is 12.6. The topological polar surface area (TPSA) is 71.3 Å². The molecule has 0 radical (unpaired) electrons. The van der Waals surface area contributed by atoms with Crippen LogP contribution < -0.4 is 10.6 Å². The van der Waals surface area contributed by atoms with E-state index >= 15 is 0 Å². The maximum atomic E-state index is 13.0. The summed E-state index contributed by atoms with van der Waals surface area (Å²) in [5.74, 6) is -0.212. The Balaban J connectivity index is 2.23. The Morgan fingerprint density at radius 1 is 1.04 bits per heavy atom. The van der Waals surface area contributed by atoms with Gasteiger partial charge in [-0.3, -0.25) is 9.59 Å². The molecule has 0 saturated heterocycles. The van der Waals surface area contributed by atoms with Crippen molar-refractivity contribution in [2.45, 2.75) is 53.5 Å². The average molecular weight is 383 g/mol. The Morgan fingerprint density at radius 3 is 2.21 bits per heavy atom. The second-order valence-corrected chi connectivity index (χ2v) is 8.97. The van der Waals surface area contributed by atoms with Gasteiger partial charge in [-0.25, -0.2) is 0 Å². The van der Waals surface area contributed by atoms with Crippen molar-refractivity contribution in [3.63, 3.8) is 0 Å². The predicted octanol–water partition coefficient (Wildman–Crippen LogP) is 4.69. The zero-order chi connectivity index (χ0) is 20.9. The molecule has 0 atom stereocenters. The van der Waals surface area contributed by atoms with Crippen molar-refractivity contribution in [2.75, 3.05) is 0 Å². The minimum atomic E-state index is -0.438. The van der Waals surface area contributed by atoms with E-state index in [1.807, 2.05) is 32.9 Å². The summed E-state index contributed by atoms with van der Waals surface area (Å²) < 4.78 is 5.32. The quantitative estimate of drug-likeness (QED) is 0.712. The summed E-state index contributed by atoms with van der Waals surface area (Å²) in [6.45, 7) is 12.3. The summed E-state index contributed by atoms with van der Waals surface area (Å²) in [6, 6.07) is 10.6. The lowest BCUT2D eigenvalue weighted by atomic mass is 9.82. The number of hydrogen-bond acceptors (Lipinski definition) is 3. The summed E-state index contributed by atoms with van der Waals surface area (Å²) in [5, 5.41) is 5.75. The lowest BCUT2D eigenvalue weighted by molar-refractivity contribution is -0.119. The molecule has 1 aromatic carbocycles. The third kappa shape index (κ3) is 6.72. The van der Waals surface area contributed by atoms with Gasteiger partial charge in [0.05, 0.1) is 6.26 Å². The Morgan fingerprint density at radius 2 is 1.68 bits per heavy atom. The highest BCUT2D eigenvalue weighted by Gasteiger charge is 2.28. The molecule has 150 valence electrons. The van der Waals surface area contributed by atoms with Crippen LogP contribution in [-0.2, 0) is 4.79 Å². The third-order valence-electron chi connectivity index (χ3n) is 4.06. The third-order valence-corrected chi connectivity index (χ3v) is 4.06. The van der Waals surface area contributed by atoms with Crippen LogP contribution >= 0.6 is 0 Å². The number of rotatable bonds is 6. The van der Waals surface area contributed by atoms with Crippen LogP contribution in [0.2, 0.25) is 0 Å². The molecule has 0 aliphatic rings. The Bertz CT molecular complexity index is 839. The number of carbonyl (C=O) groups is 2. The fraction of sp³-hybridized carbons (Fsp3) is 0.391. The van der Waals surface area contributed by atoms with E-state index in [9.17, 15) is 9.59 Å². The first-order chi connectivity index (χ1) is 13.0. The van der Waals surface area contributed by atoms with Gasteiger partial charge >= 0.3 is 0 Å². The van der Waals surface area contributed by atoms with E-state index in [1.165, 1.54) is 12.3 Å². The smallest absolute Gasteiger partial charge is 0.268 e. The number of furan rings is 1. The number of hydrogen-bond donors (Lipinski definition) is 2. The second kappa shape index (κ2) is 8.46. The first-order valence-corrected chi connectivity index (χ1v) is 9.41. The largest absolute Gasteiger partial charge is 0.465 e. The number of aryl methyl sites for hydroxylation is 1. The van der Waals surface area contributed by atoms with Gasteiger partial charge < -0.3 is 15.1 Å². The number of benzene rings is 1. The van der Waals surface area contributed by atoms with Crippen molar-refractivity contribution in [1.82, 2.24) is 10.6 Å². The second-order valence-electron chi connectivity index (χ2n) is 8.97. The summed E-state index contributed by atoms with van der Waals surface area (Å²) in [7, 11) is 0. The molecule has 5 heteroatoms. The molecule has 0 saturated carbocycles. The molecule has 0 aliphatic heterocycles. The maximum absolute atomic E-state index is 13.0. The molecular weight excluding hydrogens is 352 g/mol. The van der Waals surface area contributed by atoms with Crippen LogP contribution in [0.25, 0.3) is 6.08 Å². The number of nitrogens with one attached hydrogen (secondary N) is 2. The van der Waals surface area contributed by atoms with Gasteiger partial charge in [-0.05, 0) is 56.9 Å². The first-order valence-electron chi connectivity index (χ1n) is 9.41. The summed E-state index contributed by atoms with van der Waals surface area (Å²) in [5.41, 5.74) is 1.30. The predicted molar refractivity (Wildman–Crippen MR) is 112 cm³/mol. The summed E-state index contributed by atoms with van der Waals surface area (Å²) in [4.78, 5) is 25.6. The standard InChI is InChI=1S/C23H30N2O3/c1-16-9-11-17(12-10-16)20(26)24-19(14-18-8-7-13-28-18)21(27)25-23(5,6)15-22(2,3)4/h7-14H,15H2,1-6H3,(H,24,26)(H,25,27)/b19-14-. The average Bonchev–Trinajstić information content (AvgIpc) is 3.05. The molecule has 1 heterocycles. The molecule has 0 fully saturated rings. The van der Waals surface area contributed by atoms with Crippen LogP contribution in [0.3, 0.4) is 0 Å². The fourth-order valence-corrected chi connectivity index (χ4v) is 3.32. The van der Waals surface area contributed by atoms with E-state index in [0.29, 0.717) is 11.3 Å². The summed E-state index contributed by atoms with van der Waals surface area (Å²) >= 11 is 0. The molecule has 2 aromatic rings. The monoisotopic (exact) mass is 382 g/mol. The lowest BCUT2D eigenvalue weighted by Crippen LogP contribution is -2.48. The molecular formula is C23H30N2O3. The minimum Gasteiger partial charge on any atom is -0.465 e. The van der Waals surface area contributed by atoms with Gasteiger partial charge in [-0.15, -0.1) is 0 Å². The van der Waals surface area contributed by atoms with E-state index in [0.717, 1.165) is 12.0 Å². The Kier molecular flexibility index (Phi) is 6.49. The molecule has 28 heavy (non-hydrogen) atoms. The molecule has 0 spiro atoms. The Labute approximate surface area is 167 Å². The van der Waals surface area contributed by atoms with Gasteiger partial charge in [0.1, 0.15) is 11.5 Å². The van der Waals surface area contributed by atoms with Crippen molar-refractivity contribution in [3.05, 3.63) is 65.2 Å². The molecule has 0 aliphatic carbocycles. The first kappa shape index (κ1) is 21.5. The zero-order valence-corrected chi connectivity index (χ0v) is 17.6. The Hall–Kier alpha value is -2.82. The van der Waals surface area contributed by atoms with Crippen molar-refractivity contribution in [3.8, 4) is 0 Å². The van der Waals surface area contributed by atoms with Gasteiger partial charge in [-0.1, -0.05) is 38.5 Å². The minimum absolute atomic E-state index is 0.0484. The van der Waals surface area contributed by atoms with Crippen LogP contribution in [0, 0.1) is 12.3 Å². The zero-order valence-electron chi connectivity index (χ0n) is 17.6. The van der Waals surface area contributed by atoms with Crippen molar-refractivity contribution < 1.29 is 14.0 Å². The number of amides is 2. The highest BCUT2D eigenvalue weighted by atomic mass is 16.3. The van der Waals surface area contributed by atoms with Crippen molar-refractivity contribution in [2.24, 2.45) is 5.41 Å². The van der Waals surface area contributed by atoms with Crippen LogP contribution in [0.5, 0.6) is 0 Å². The SMILES string of the molecule is Cc1ccc(C(=O)N/C(=C\c2ccco2)C(=O)NC(C)(C)CC(C)(C)C)cc1. The van der Waals surface area contributed by atoms with Crippen LogP contribution in [0.4, 0.5) is 0 Å². The van der Waals surface area contributed by atoms with E-state index in [1.54, 1.807) is 24.3 Å². The van der Waals surface area contributed by atoms with E-state index < -0.39 is 5.54 Å². The van der Waals surface area contributed by atoms with Gasteiger partial charge in [0.2, 0.25) is 0 Å². The van der Waals surface area contributed by atoms with Crippen LogP contribution in [0.15, 0.2) is 52.8 Å². The molecule has 0 unspecified atom stereocenters. The van der Waals surface area contributed by atoms with Gasteiger partial charge in [0.15, 0.2) is 0 Å². The van der Waals surface area contributed by atoms with Gasteiger partial charge in [-0.2, -0.15) is 0 Å². The molecule has 5 nitrogen and oxygen atoms in total. The van der Waals surface area contributed by atoms with Gasteiger partial charge in [0.25, 0.3) is 11.8 Å². The summed E-state index contributed by atoms with van der Waals surface area (Å²) in [6.07, 6.45) is 3.84. The molecule has 0 bridgehead atoms. The molecule has 2 amide bonds. The van der Waals surface area contributed by atoms with Gasteiger partial charge in [0, 0.05) is 17.2 Å². The molecule has 1 aromatic heterocycles. The highest BCUT2D eigenvalue weighted by Crippen LogP contribution is 2.27. The lowest BCUT2D eigenvalue weighted by Gasteiger charge is -2.33. The van der Waals surface area contributed by atoms with Crippen molar-refractivity contribution in [1.29, 1.82) is 0 Å². The van der Waals surface area contributed by atoms with E-state index in [2.05, 4.69) is 31.4 Å². The molecule has 2 N–H and O–H groups in total. The maximum Gasteiger partial charge on any atom is 0.268 e. The highest BCUT2D eigenvalue weighted by molar-refractivity contribution is 6.05. The van der Waals surface area contributed by atoms with Crippen LogP contribution in [0.1, 0.15) is 62.7 Å². The van der Waals surface area contributed by atoms with Crippen molar-refractivity contribution >= 4 is 17.9 Å². The van der Waals surface area contributed by atoms with E-state index in [4.69, 9.17) is 4.42 Å². The number of carbonyl (C=O) groups excluding carboxylic acids is 2. The van der Waals surface area contributed by atoms with Crippen LogP contribution in [-0.4, -0.2) is 17.4 Å². The fourth-order valence-electron chi connectivity index (χ4n) is 3.32. The molecule has 2 rings (SSSR count). The van der Waals surface area contributed by atoms with E-state index in [-0.39, 0.29) is 22.9 Å².